The zero-order chi connectivity index (χ0) is 13.1. The highest BCUT2D eigenvalue weighted by atomic mass is 79.9. The first-order valence-electron chi connectivity index (χ1n) is 6.38. The topological polar surface area (TPSA) is 29.1 Å². The van der Waals surface area contributed by atoms with Crippen molar-refractivity contribution in [2.45, 2.75) is 44.4 Å². The lowest BCUT2D eigenvalue weighted by Gasteiger charge is -2.13. The Bertz CT molecular complexity index is 461. The van der Waals surface area contributed by atoms with Gasteiger partial charge in [-0.3, -0.25) is 4.79 Å². The van der Waals surface area contributed by atoms with E-state index >= 15 is 0 Å². The van der Waals surface area contributed by atoms with Gasteiger partial charge in [-0.2, -0.15) is 0 Å². The first-order chi connectivity index (χ1) is 8.61. The number of fused-ring (bicyclic) bond motifs is 1. The van der Waals surface area contributed by atoms with Gasteiger partial charge in [-0.05, 0) is 23.6 Å². The average molecular weight is 331 g/mol. The van der Waals surface area contributed by atoms with Gasteiger partial charge in [0.05, 0.1) is 11.8 Å². The highest BCUT2D eigenvalue weighted by Crippen LogP contribution is 2.37. The van der Waals surface area contributed by atoms with Crippen LogP contribution in [-0.4, -0.2) is 5.91 Å². The lowest BCUT2D eigenvalue weighted by Crippen LogP contribution is -2.03. The molecule has 0 spiro atoms. The van der Waals surface area contributed by atoms with Crippen LogP contribution in [0.2, 0.25) is 0 Å². The summed E-state index contributed by atoms with van der Waals surface area (Å²) in [6.07, 6.45) is 5.01. The number of alkyl halides is 1. The lowest BCUT2D eigenvalue weighted by atomic mass is 10.0. The Balaban J connectivity index is 2.14. The van der Waals surface area contributed by atoms with E-state index in [2.05, 4.69) is 34.2 Å². The summed E-state index contributed by atoms with van der Waals surface area (Å²) in [5, 5.41) is 2.86. The van der Waals surface area contributed by atoms with Crippen molar-refractivity contribution < 1.29 is 4.79 Å². The van der Waals surface area contributed by atoms with E-state index in [0.29, 0.717) is 6.42 Å². The second-order valence-electron chi connectivity index (χ2n) is 4.72. The van der Waals surface area contributed by atoms with Crippen LogP contribution in [0.5, 0.6) is 0 Å². The van der Waals surface area contributed by atoms with E-state index in [0.717, 1.165) is 34.1 Å². The quantitative estimate of drug-likeness (QED) is 0.609. The molecule has 1 aliphatic heterocycles. The van der Waals surface area contributed by atoms with Crippen LogP contribution in [0.25, 0.3) is 0 Å². The van der Waals surface area contributed by atoms with Gasteiger partial charge in [0, 0.05) is 10.2 Å². The molecule has 0 saturated carbocycles. The zero-order valence-electron chi connectivity index (χ0n) is 10.4. The van der Waals surface area contributed by atoms with Crippen LogP contribution < -0.4 is 5.32 Å². The lowest BCUT2D eigenvalue weighted by molar-refractivity contribution is -0.115. The third kappa shape index (κ3) is 3.07. The molecule has 1 unspecified atom stereocenters. The van der Waals surface area contributed by atoms with E-state index in [1.165, 1.54) is 12.8 Å². The maximum absolute atomic E-state index is 11.3. The summed E-state index contributed by atoms with van der Waals surface area (Å²) in [6.45, 7) is 2.19. The molecule has 1 aromatic carbocycles. The third-order valence-electron chi connectivity index (χ3n) is 3.25. The van der Waals surface area contributed by atoms with Crippen LogP contribution in [0.15, 0.2) is 16.6 Å². The second kappa shape index (κ2) is 6.07. The number of carbonyl (C=O) groups excluding carboxylic acids is 1. The van der Waals surface area contributed by atoms with Crippen LogP contribution in [-0.2, 0) is 11.2 Å². The number of nitrogens with one attached hydrogen (secondary N) is 1. The summed E-state index contributed by atoms with van der Waals surface area (Å²) in [5.41, 5.74) is 3.07. The number of hydrogen-bond donors (Lipinski definition) is 1. The van der Waals surface area contributed by atoms with Gasteiger partial charge in [0.2, 0.25) is 5.91 Å². The number of carbonyl (C=O) groups is 1. The fourth-order valence-corrected chi connectivity index (χ4v) is 3.32. The van der Waals surface area contributed by atoms with Crippen molar-refractivity contribution >= 4 is 39.1 Å². The molecule has 1 N–H and O–H groups in total. The number of hydrogen-bond acceptors (Lipinski definition) is 1. The molecule has 1 aromatic rings. The summed E-state index contributed by atoms with van der Waals surface area (Å²) in [7, 11) is 0. The Labute approximate surface area is 121 Å². The normalized spacial score (nSPS) is 15.4. The molecule has 1 atom stereocenters. The molecule has 98 valence electrons. The zero-order valence-corrected chi connectivity index (χ0v) is 12.8. The van der Waals surface area contributed by atoms with Crippen molar-refractivity contribution in [2.75, 3.05) is 5.32 Å². The summed E-state index contributed by atoms with van der Waals surface area (Å²) < 4.78 is 0.986. The Morgan fingerprint density at radius 3 is 2.94 bits per heavy atom. The van der Waals surface area contributed by atoms with Crippen molar-refractivity contribution in [3.8, 4) is 0 Å². The Morgan fingerprint density at radius 2 is 2.22 bits per heavy atom. The molecule has 0 aromatic heterocycles. The van der Waals surface area contributed by atoms with Crippen LogP contribution in [0.4, 0.5) is 5.69 Å². The van der Waals surface area contributed by atoms with Crippen molar-refractivity contribution in [3.63, 3.8) is 0 Å². The Morgan fingerprint density at radius 1 is 1.44 bits per heavy atom. The molecule has 2 rings (SSSR count). The minimum Gasteiger partial charge on any atom is -0.325 e. The highest BCUT2D eigenvalue weighted by Gasteiger charge is 2.21. The van der Waals surface area contributed by atoms with Gasteiger partial charge in [-0.25, -0.2) is 0 Å². The predicted molar refractivity (Wildman–Crippen MR) is 79.2 cm³/mol. The van der Waals surface area contributed by atoms with E-state index in [1.807, 2.05) is 6.07 Å². The monoisotopic (exact) mass is 329 g/mol. The molecule has 0 bridgehead atoms. The van der Waals surface area contributed by atoms with Gasteiger partial charge < -0.3 is 5.32 Å². The molecule has 18 heavy (non-hydrogen) atoms. The van der Waals surface area contributed by atoms with Gasteiger partial charge in [0.25, 0.3) is 0 Å². The minimum absolute atomic E-state index is 0.0203. The van der Waals surface area contributed by atoms with E-state index in [1.54, 1.807) is 0 Å². The Hall–Kier alpha value is -0.540. The molecule has 4 heteroatoms. The maximum Gasteiger partial charge on any atom is 0.228 e. The average Bonchev–Trinajstić information content (AvgIpc) is 2.67. The van der Waals surface area contributed by atoms with Crippen molar-refractivity contribution in [2.24, 2.45) is 0 Å². The smallest absolute Gasteiger partial charge is 0.228 e. The summed E-state index contributed by atoms with van der Waals surface area (Å²) in [4.78, 5) is 11.3. The van der Waals surface area contributed by atoms with E-state index in [9.17, 15) is 4.79 Å². The molecule has 0 fully saturated rings. The number of unbranched alkanes of at least 4 members (excludes halogenated alkanes) is 2. The number of anilines is 1. The van der Waals surface area contributed by atoms with Crippen molar-refractivity contribution in [1.29, 1.82) is 0 Å². The fourth-order valence-electron chi connectivity index (χ4n) is 2.24. The first-order valence-corrected chi connectivity index (χ1v) is 7.61. The minimum atomic E-state index is 0.0203. The molecule has 1 aliphatic rings. The molecule has 0 aliphatic carbocycles. The molecule has 1 heterocycles. The molecule has 0 radical (unpaired) electrons. The Kier molecular flexibility index (Phi) is 4.68. The largest absolute Gasteiger partial charge is 0.325 e. The van der Waals surface area contributed by atoms with Gasteiger partial charge in [0.15, 0.2) is 0 Å². The van der Waals surface area contributed by atoms with Gasteiger partial charge in [0.1, 0.15) is 0 Å². The molecule has 1 amide bonds. The van der Waals surface area contributed by atoms with Crippen molar-refractivity contribution in [1.82, 2.24) is 0 Å². The van der Waals surface area contributed by atoms with E-state index < -0.39 is 0 Å². The van der Waals surface area contributed by atoms with Crippen LogP contribution >= 0.6 is 27.5 Å². The van der Waals surface area contributed by atoms with Gasteiger partial charge in [-0.15, -0.1) is 11.6 Å². The third-order valence-corrected chi connectivity index (χ3v) is 4.39. The molecular formula is C14H17BrClNO. The van der Waals surface area contributed by atoms with Crippen LogP contribution in [0.1, 0.15) is 49.1 Å². The standard InChI is InChI=1S/C14H17BrClNO/c1-2-3-4-5-12(16)10-6-9-7-14(18)17-13(9)8-11(10)15/h6,8,12H,2-5,7H2,1H3,(H,17,18). The van der Waals surface area contributed by atoms with Crippen molar-refractivity contribution in [3.05, 3.63) is 27.7 Å². The number of halogens is 2. The fraction of sp³-hybridized carbons (Fsp3) is 0.500. The SMILES string of the molecule is CCCCCC(Cl)c1cc2c(cc1Br)NC(=O)C2. The van der Waals surface area contributed by atoms with E-state index in [4.69, 9.17) is 11.6 Å². The van der Waals surface area contributed by atoms with Crippen LogP contribution in [0, 0.1) is 0 Å². The summed E-state index contributed by atoms with van der Waals surface area (Å²) in [5.74, 6) is 0.0613. The first kappa shape index (κ1) is 13.9. The summed E-state index contributed by atoms with van der Waals surface area (Å²) >= 11 is 9.99. The molecule has 0 saturated heterocycles. The number of benzene rings is 1. The number of amides is 1. The summed E-state index contributed by atoms with van der Waals surface area (Å²) in [6, 6.07) is 4.02. The maximum atomic E-state index is 11.3. The number of rotatable bonds is 5. The van der Waals surface area contributed by atoms with Gasteiger partial charge >= 0.3 is 0 Å². The highest BCUT2D eigenvalue weighted by molar-refractivity contribution is 9.10. The predicted octanol–water partition coefficient (Wildman–Crippen LogP) is 4.80. The molecule has 2 nitrogen and oxygen atoms in total. The molecular weight excluding hydrogens is 314 g/mol. The van der Waals surface area contributed by atoms with E-state index in [-0.39, 0.29) is 11.3 Å². The van der Waals surface area contributed by atoms with Crippen LogP contribution in [0.3, 0.4) is 0 Å². The van der Waals surface area contributed by atoms with Gasteiger partial charge in [-0.1, -0.05) is 48.2 Å². The second-order valence-corrected chi connectivity index (χ2v) is 6.10.